The number of hydrogen-bond donors (Lipinski definition) is 1. The number of piperidine rings is 1. The van der Waals surface area contributed by atoms with Gasteiger partial charge in [0.15, 0.2) is 6.61 Å². The lowest BCUT2D eigenvalue weighted by Gasteiger charge is -2.32. The van der Waals surface area contributed by atoms with Crippen LogP contribution < -0.4 is 10.1 Å². The smallest absolute Gasteiger partial charge is 0.466 e. The van der Waals surface area contributed by atoms with Crippen LogP contribution in [0.15, 0.2) is 72.8 Å². The molecule has 1 N–H and O–H groups in total. The molecule has 1 aromatic heterocycles. The third-order valence-corrected chi connectivity index (χ3v) is 9.89. The maximum absolute atomic E-state index is 13.2. The number of aromatic nitrogens is 1. The number of nitrogens with zero attached hydrogens (tertiary/aromatic N) is 2. The molecule has 14 heteroatoms. The Hall–Kier alpha value is -3.58. The quantitative estimate of drug-likeness (QED) is 0.137. The number of esters is 1. The Labute approximate surface area is 287 Å². The number of rotatable bonds is 9. The first-order valence-electron chi connectivity index (χ1n) is 15.1. The van der Waals surface area contributed by atoms with Gasteiger partial charge in [0.2, 0.25) is 5.88 Å². The van der Waals surface area contributed by atoms with Crippen molar-refractivity contribution in [1.29, 1.82) is 0 Å². The van der Waals surface area contributed by atoms with Gasteiger partial charge in [-0.2, -0.15) is 17.5 Å². The van der Waals surface area contributed by atoms with Gasteiger partial charge < -0.3 is 14.8 Å². The lowest BCUT2D eigenvalue weighted by Crippen LogP contribution is -2.47. The number of benzene rings is 3. The molecule has 1 aliphatic heterocycles. The normalized spacial score (nSPS) is 15.1. The fourth-order valence-corrected chi connectivity index (χ4v) is 6.83. The summed E-state index contributed by atoms with van der Waals surface area (Å²) in [4.78, 5) is 17.0. The van der Waals surface area contributed by atoms with Gasteiger partial charge in [-0.1, -0.05) is 53.5 Å². The summed E-state index contributed by atoms with van der Waals surface area (Å²) in [7, 11) is -5.42. The summed E-state index contributed by atoms with van der Waals surface area (Å²) in [5.41, 5.74) is -2.13. The Morgan fingerprint density at radius 2 is 1.46 bits per heavy atom. The minimum absolute atomic E-state index is 0.130. The van der Waals surface area contributed by atoms with Crippen LogP contribution >= 0.6 is 23.2 Å². The van der Waals surface area contributed by atoms with Crippen LogP contribution in [0.5, 0.6) is 5.88 Å². The number of fused-ring (bicyclic) bond motifs is 1. The van der Waals surface area contributed by atoms with Gasteiger partial charge in [-0.15, -0.1) is 0 Å². The van der Waals surface area contributed by atoms with E-state index in [4.69, 9.17) is 32.7 Å². The zero-order chi connectivity index (χ0) is 34.9. The summed E-state index contributed by atoms with van der Waals surface area (Å²) in [6.45, 7) is 4.23. The van der Waals surface area contributed by atoms with Crippen molar-refractivity contribution < 1.29 is 35.9 Å². The summed E-state index contributed by atoms with van der Waals surface area (Å²) < 4.78 is 75.0. The fourth-order valence-electron chi connectivity index (χ4n) is 5.59. The van der Waals surface area contributed by atoms with E-state index in [1.54, 1.807) is 26.8 Å². The van der Waals surface area contributed by atoms with Crippen molar-refractivity contribution in [3.63, 3.8) is 0 Å². The van der Waals surface area contributed by atoms with Gasteiger partial charge >= 0.3 is 21.5 Å². The number of pyridine rings is 1. The number of ether oxygens (including phenoxy) is 2. The monoisotopic (exact) mass is 723 g/mol. The number of nitrogens with one attached hydrogen (secondary N) is 1. The third-order valence-electron chi connectivity index (χ3n) is 7.75. The average Bonchev–Trinajstić information content (AvgIpc) is 3.01. The maximum atomic E-state index is 13.2. The first kappa shape index (κ1) is 35.7. The van der Waals surface area contributed by atoms with Crippen LogP contribution in [0.25, 0.3) is 10.9 Å². The van der Waals surface area contributed by atoms with E-state index in [2.05, 4.69) is 10.3 Å². The topological polar surface area (TPSA) is 97.8 Å². The highest BCUT2D eigenvalue weighted by atomic mass is 35.5. The van der Waals surface area contributed by atoms with Crippen molar-refractivity contribution in [3.05, 3.63) is 99.5 Å². The van der Waals surface area contributed by atoms with E-state index in [1.165, 1.54) is 0 Å². The molecule has 0 aliphatic carbocycles. The van der Waals surface area contributed by atoms with Crippen molar-refractivity contribution in [1.82, 2.24) is 9.29 Å². The van der Waals surface area contributed by atoms with E-state index in [9.17, 15) is 26.4 Å². The van der Waals surface area contributed by atoms with Crippen LogP contribution in [-0.2, 0) is 19.6 Å². The first-order chi connectivity index (χ1) is 22.5. The summed E-state index contributed by atoms with van der Waals surface area (Å²) in [6.07, 6.45) is 0.260. The largest absolute Gasteiger partial charge is 0.511 e. The van der Waals surface area contributed by atoms with Crippen molar-refractivity contribution in [2.75, 3.05) is 25.0 Å². The molecule has 5 rings (SSSR count). The molecule has 0 spiro atoms. The van der Waals surface area contributed by atoms with Crippen LogP contribution in [0.3, 0.4) is 0 Å². The molecule has 48 heavy (non-hydrogen) atoms. The minimum Gasteiger partial charge on any atom is -0.466 e. The van der Waals surface area contributed by atoms with E-state index in [1.807, 2.05) is 66.7 Å². The zero-order valence-corrected chi connectivity index (χ0v) is 28.7. The molecule has 0 atom stereocenters. The van der Waals surface area contributed by atoms with Crippen LogP contribution in [0.2, 0.25) is 10.0 Å². The Morgan fingerprint density at radius 3 is 1.98 bits per heavy atom. The molecule has 3 aromatic carbocycles. The molecule has 8 nitrogen and oxygen atoms in total. The summed E-state index contributed by atoms with van der Waals surface area (Å²) in [5.74, 6) is -0.676. The number of carbonyl (C=O) groups excluding carboxylic acids is 1. The van der Waals surface area contributed by atoms with E-state index >= 15 is 0 Å². The highest BCUT2D eigenvalue weighted by Gasteiger charge is 2.50. The Kier molecular flexibility index (Phi) is 10.5. The second kappa shape index (κ2) is 14.1. The van der Waals surface area contributed by atoms with E-state index in [0.29, 0.717) is 30.9 Å². The molecule has 0 amide bonds. The van der Waals surface area contributed by atoms with E-state index in [-0.39, 0.29) is 43.8 Å². The molecule has 1 aliphatic rings. The SMILES string of the molecule is CC(C)(C)OC(=O)COc1cc(NC2CCN(S(=O)(=O)C(F)(F)F)CC2)c2cc(C(c3ccc(Cl)cc3)c3ccc(Cl)cc3)ccc2n1. The van der Waals surface area contributed by atoms with Crippen LogP contribution in [0.4, 0.5) is 18.9 Å². The second-order valence-corrected chi connectivity index (χ2v) is 15.3. The Bertz CT molecular complexity index is 1830. The van der Waals surface area contributed by atoms with Crippen LogP contribution in [0, 0.1) is 0 Å². The third kappa shape index (κ3) is 8.52. The minimum atomic E-state index is -5.42. The van der Waals surface area contributed by atoms with Gasteiger partial charge in [-0.05, 0) is 86.7 Å². The number of anilines is 1. The molecular formula is C34H34Cl2F3N3O5S. The molecule has 0 saturated carbocycles. The molecule has 0 unspecified atom stereocenters. The predicted octanol–water partition coefficient (Wildman–Crippen LogP) is 8.17. The molecule has 0 radical (unpaired) electrons. The molecule has 4 aromatic rings. The highest BCUT2D eigenvalue weighted by Crippen LogP contribution is 2.38. The van der Waals surface area contributed by atoms with Crippen molar-refractivity contribution in [2.45, 2.75) is 56.7 Å². The van der Waals surface area contributed by atoms with Crippen molar-refractivity contribution in [3.8, 4) is 5.88 Å². The summed E-state index contributed by atoms with van der Waals surface area (Å²) in [6, 6.07) is 22.0. The molecule has 0 bridgehead atoms. The second-order valence-electron chi connectivity index (χ2n) is 12.5. The Balaban J connectivity index is 1.51. The maximum Gasteiger partial charge on any atom is 0.511 e. The number of halogens is 5. The zero-order valence-electron chi connectivity index (χ0n) is 26.4. The standard InChI is InChI=1S/C34H34Cl2F3N3O5S/c1-33(2,3)47-31(43)20-46-30-19-29(40-26-14-16-42(17-15-26)48(44,45)34(37,38)39)27-18-23(8-13-28(27)41-30)32(21-4-9-24(35)10-5-21)22-6-11-25(36)12-7-22/h4-13,18-19,26,32H,14-17,20H2,1-3H3,(H,40,41). The van der Waals surface area contributed by atoms with Gasteiger partial charge in [-0.25, -0.2) is 18.2 Å². The van der Waals surface area contributed by atoms with Crippen molar-refractivity contribution in [2.24, 2.45) is 0 Å². The molecule has 256 valence electrons. The molecule has 1 fully saturated rings. The fraction of sp³-hybridized carbons (Fsp3) is 0.353. The van der Waals surface area contributed by atoms with Crippen LogP contribution in [0.1, 0.15) is 56.2 Å². The van der Waals surface area contributed by atoms with Gasteiger partial charge in [-0.3, -0.25) is 0 Å². The van der Waals surface area contributed by atoms with E-state index < -0.39 is 33.7 Å². The van der Waals surface area contributed by atoms with Gasteiger partial charge in [0.1, 0.15) is 5.60 Å². The number of sulfonamides is 1. The highest BCUT2D eigenvalue weighted by molar-refractivity contribution is 7.90. The lowest BCUT2D eigenvalue weighted by atomic mass is 9.84. The molecule has 1 saturated heterocycles. The van der Waals surface area contributed by atoms with Crippen molar-refractivity contribution >= 4 is 55.8 Å². The average molecular weight is 725 g/mol. The van der Waals surface area contributed by atoms with Gasteiger partial charge in [0, 0.05) is 52.2 Å². The summed E-state index contributed by atoms with van der Waals surface area (Å²) >= 11 is 12.4. The van der Waals surface area contributed by atoms with E-state index in [0.717, 1.165) is 16.7 Å². The number of carbonyl (C=O) groups is 1. The summed E-state index contributed by atoms with van der Waals surface area (Å²) in [5, 5.41) is 5.26. The van der Waals surface area contributed by atoms with Gasteiger partial charge in [0.25, 0.3) is 0 Å². The molecule has 2 heterocycles. The lowest BCUT2D eigenvalue weighted by molar-refractivity contribution is -0.157. The van der Waals surface area contributed by atoms with Gasteiger partial charge in [0.05, 0.1) is 5.52 Å². The molecular weight excluding hydrogens is 690 g/mol. The Morgan fingerprint density at radius 1 is 0.917 bits per heavy atom. The number of hydrogen-bond acceptors (Lipinski definition) is 7. The number of alkyl halides is 3. The first-order valence-corrected chi connectivity index (χ1v) is 17.3. The predicted molar refractivity (Wildman–Crippen MR) is 180 cm³/mol. The van der Waals surface area contributed by atoms with Crippen LogP contribution in [-0.4, -0.2) is 60.5 Å².